The number of ether oxygens (including phenoxy) is 1. The third-order valence-electron chi connectivity index (χ3n) is 2.46. The molecule has 1 aliphatic heterocycles. The van der Waals surface area contributed by atoms with E-state index in [1.165, 1.54) is 6.20 Å². The van der Waals surface area contributed by atoms with Crippen LogP contribution in [0.3, 0.4) is 0 Å². The van der Waals surface area contributed by atoms with Crippen LogP contribution in [0.15, 0.2) is 12.8 Å². The summed E-state index contributed by atoms with van der Waals surface area (Å²) in [6.45, 7) is 9.65. The summed E-state index contributed by atoms with van der Waals surface area (Å²) in [7, 11) is 0. The van der Waals surface area contributed by atoms with Gasteiger partial charge in [0, 0.05) is 6.42 Å². The van der Waals surface area contributed by atoms with E-state index in [4.69, 9.17) is 4.74 Å². The van der Waals surface area contributed by atoms with Gasteiger partial charge in [-0.2, -0.15) is 0 Å². The van der Waals surface area contributed by atoms with E-state index in [0.717, 1.165) is 0 Å². The molecule has 4 heteroatoms. The van der Waals surface area contributed by atoms with Crippen molar-refractivity contribution < 1.29 is 14.2 Å². The van der Waals surface area contributed by atoms with Gasteiger partial charge in [-0.15, -0.1) is 0 Å². The number of rotatable bonds is 2. The minimum Gasteiger partial charge on any atom is -0.628 e. The lowest BCUT2D eigenvalue weighted by Gasteiger charge is -2.33. The molecule has 4 nitrogen and oxygen atoms in total. The molecule has 1 aliphatic rings. The molecule has 0 aromatic rings. The van der Waals surface area contributed by atoms with Gasteiger partial charge < -0.3 is 14.6 Å². The number of likely N-dealkylation sites (tertiary alicyclic amines) is 1. The maximum atomic E-state index is 11.8. The SMILES string of the molecule is C=C[N+]1([O-])CCC(C(=O)OC(C)(C)C)C1. The number of carbonyl (C=O) groups is 1. The van der Waals surface area contributed by atoms with Gasteiger partial charge >= 0.3 is 5.97 Å². The van der Waals surface area contributed by atoms with Crippen molar-refractivity contribution >= 4 is 5.97 Å². The zero-order valence-electron chi connectivity index (χ0n) is 9.66. The fraction of sp³-hybridized carbons (Fsp3) is 0.727. The first-order valence-corrected chi connectivity index (χ1v) is 5.20. The molecule has 0 N–H and O–H groups in total. The van der Waals surface area contributed by atoms with Gasteiger partial charge in [0.15, 0.2) is 0 Å². The van der Waals surface area contributed by atoms with Crippen molar-refractivity contribution in [1.29, 1.82) is 0 Å². The Labute approximate surface area is 90.7 Å². The van der Waals surface area contributed by atoms with Gasteiger partial charge in [0.25, 0.3) is 0 Å². The van der Waals surface area contributed by atoms with Crippen LogP contribution in [0.25, 0.3) is 0 Å². The van der Waals surface area contributed by atoms with E-state index in [-0.39, 0.29) is 18.4 Å². The zero-order chi connectivity index (χ0) is 11.7. The van der Waals surface area contributed by atoms with Crippen LogP contribution in [0.2, 0.25) is 0 Å². The Morgan fingerprint density at radius 1 is 1.60 bits per heavy atom. The van der Waals surface area contributed by atoms with Gasteiger partial charge in [-0.25, -0.2) is 0 Å². The topological polar surface area (TPSA) is 49.4 Å². The average Bonchev–Trinajstić information content (AvgIpc) is 2.46. The first-order chi connectivity index (χ1) is 6.76. The van der Waals surface area contributed by atoms with Crippen LogP contribution >= 0.6 is 0 Å². The number of quaternary nitrogens is 1. The molecule has 0 aromatic heterocycles. The second-order valence-electron chi connectivity index (χ2n) is 5.06. The Kier molecular flexibility index (Phi) is 3.21. The minimum atomic E-state index is -0.482. The van der Waals surface area contributed by atoms with E-state index in [2.05, 4.69) is 6.58 Å². The van der Waals surface area contributed by atoms with Crippen LogP contribution in [0.5, 0.6) is 0 Å². The predicted molar refractivity (Wildman–Crippen MR) is 57.5 cm³/mol. The highest BCUT2D eigenvalue weighted by Gasteiger charge is 2.37. The molecule has 0 amide bonds. The molecule has 0 aliphatic carbocycles. The van der Waals surface area contributed by atoms with Crippen LogP contribution in [-0.4, -0.2) is 29.3 Å². The molecule has 1 fully saturated rings. The van der Waals surface area contributed by atoms with Gasteiger partial charge in [-0.1, -0.05) is 0 Å². The van der Waals surface area contributed by atoms with E-state index >= 15 is 0 Å². The summed E-state index contributed by atoms with van der Waals surface area (Å²) in [6, 6.07) is 0. The third kappa shape index (κ3) is 3.32. The van der Waals surface area contributed by atoms with Crippen molar-refractivity contribution in [1.82, 2.24) is 0 Å². The van der Waals surface area contributed by atoms with E-state index < -0.39 is 10.2 Å². The van der Waals surface area contributed by atoms with Crippen LogP contribution < -0.4 is 0 Å². The molecule has 0 radical (unpaired) electrons. The van der Waals surface area contributed by atoms with Gasteiger partial charge in [-0.3, -0.25) is 4.79 Å². The summed E-state index contributed by atoms with van der Waals surface area (Å²) in [5, 5.41) is 11.8. The van der Waals surface area contributed by atoms with E-state index in [0.29, 0.717) is 13.0 Å². The zero-order valence-corrected chi connectivity index (χ0v) is 9.66. The Morgan fingerprint density at radius 2 is 2.20 bits per heavy atom. The van der Waals surface area contributed by atoms with Crippen molar-refractivity contribution in [3.05, 3.63) is 18.0 Å². The maximum Gasteiger partial charge on any atom is 0.315 e. The molecule has 2 atom stereocenters. The van der Waals surface area contributed by atoms with Gasteiger partial charge in [-0.05, 0) is 27.4 Å². The van der Waals surface area contributed by atoms with Crippen molar-refractivity contribution in [3.8, 4) is 0 Å². The smallest absolute Gasteiger partial charge is 0.315 e. The highest BCUT2D eigenvalue weighted by Crippen LogP contribution is 2.26. The number of esters is 1. The molecular weight excluding hydrogens is 194 g/mol. The Morgan fingerprint density at radius 3 is 2.60 bits per heavy atom. The molecule has 0 spiro atoms. The first-order valence-electron chi connectivity index (χ1n) is 5.20. The average molecular weight is 213 g/mol. The summed E-state index contributed by atoms with van der Waals surface area (Å²) in [6.07, 6.45) is 1.94. The lowest BCUT2D eigenvalue weighted by Crippen LogP contribution is -2.35. The summed E-state index contributed by atoms with van der Waals surface area (Å²) in [5.74, 6) is -0.542. The molecule has 2 unspecified atom stereocenters. The molecule has 1 saturated heterocycles. The molecule has 0 aromatic carbocycles. The monoisotopic (exact) mass is 213 g/mol. The fourth-order valence-corrected chi connectivity index (χ4v) is 1.67. The van der Waals surface area contributed by atoms with Crippen molar-refractivity contribution in [2.75, 3.05) is 13.1 Å². The van der Waals surface area contributed by atoms with Crippen LogP contribution in [0.4, 0.5) is 0 Å². The van der Waals surface area contributed by atoms with Crippen molar-refractivity contribution in [2.24, 2.45) is 5.92 Å². The summed E-state index contributed by atoms with van der Waals surface area (Å²) < 4.78 is 4.76. The summed E-state index contributed by atoms with van der Waals surface area (Å²) in [5.41, 5.74) is -0.480. The van der Waals surface area contributed by atoms with Crippen LogP contribution in [0, 0.1) is 11.1 Å². The normalized spacial score (nSPS) is 31.3. The van der Waals surface area contributed by atoms with Gasteiger partial charge in [0.1, 0.15) is 11.5 Å². The number of nitrogens with zero attached hydrogens (tertiary/aromatic N) is 1. The number of carbonyl (C=O) groups excluding carboxylic acids is 1. The van der Waals surface area contributed by atoms with Crippen molar-refractivity contribution in [3.63, 3.8) is 0 Å². The fourth-order valence-electron chi connectivity index (χ4n) is 1.67. The van der Waals surface area contributed by atoms with Gasteiger partial charge in [0.2, 0.25) is 0 Å². The second-order valence-corrected chi connectivity index (χ2v) is 5.06. The highest BCUT2D eigenvalue weighted by atomic mass is 16.6. The molecule has 0 bridgehead atoms. The Hall–Kier alpha value is -0.870. The van der Waals surface area contributed by atoms with E-state index in [1.807, 2.05) is 20.8 Å². The summed E-state index contributed by atoms with van der Waals surface area (Å²) in [4.78, 5) is 11.7. The Bertz CT molecular complexity index is 269. The molecule has 1 rings (SSSR count). The van der Waals surface area contributed by atoms with Crippen LogP contribution in [0.1, 0.15) is 27.2 Å². The van der Waals surface area contributed by atoms with Crippen molar-refractivity contribution in [2.45, 2.75) is 32.8 Å². The first kappa shape index (κ1) is 12.2. The standard InChI is InChI=1S/C11H19NO3/c1-5-12(14)7-6-9(8-12)10(13)15-11(2,3)4/h5,9H,1,6-8H2,2-4H3. The quantitative estimate of drug-likeness (QED) is 0.399. The predicted octanol–water partition coefficient (Wildman–Crippen LogP) is 1.81. The maximum absolute atomic E-state index is 11.8. The number of hydrogen-bond donors (Lipinski definition) is 0. The molecular formula is C11H19NO3. The lowest BCUT2D eigenvalue weighted by molar-refractivity contribution is -0.816. The second kappa shape index (κ2) is 3.94. The lowest BCUT2D eigenvalue weighted by atomic mass is 10.1. The largest absolute Gasteiger partial charge is 0.628 e. The third-order valence-corrected chi connectivity index (χ3v) is 2.46. The summed E-state index contributed by atoms with van der Waals surface area (Å²) >= 11 is 0. The van der Waals surface area contributed by atoms with E-state index in [1.54, 1.807) is 0 Å². The number of hydrogen-bond acceptors (Lipinski definition) is 3. The minimum absolute atomic E-state index is 0.262. The molecule has 0 saturated carbocycles. The molecule has 1 heterocycles. The van der Waals surface area contributed by atoms with E-state index in [9.17, 15) is 10.0 Å². The highest BCUT2D eigenvalue weighted by molar-refractivity contribution is 5.73. The molecule has 15 heavy (non-hydrogen) atoms. The van der Waals surface area contributed by atoms with Crippen LogP contribution in [-0.2, 0) is 9.53 Å². The van der Waals surface area contributed by atoms with Gasteiger partial charge in [0.05, 0.1) is 19.3 Å². The molecule has 86 valence electrons. The number of hydroxylamine groups is 3. The Balaban J connectivity index is 2.54.